The summed E-state index contributed by atoms with van der Waals surface area (Å²) >= 11 is 3.72. The van der Waals surface area contributed by atoms with E-state index in [1.54, 1.807) is 0 Å². The molecule has 10 heteroatoms. The van der Waals surface area contributed by atoms with Crippen molar-refractivity contribution < 1.29 is 26.3 Å². The van der Waals surface area contributed by atoms with Crippen LogP contribution < -0.4 is 4.72 Å². The second kappa shape index (κ2) is 5.75. The minimum Gasteiger partial charge on any atom is -0.316 e. The average Bonchev–Trinajstić information content (AvgIpc) is 2.84. The van der Waals surface area contributed by atoms with Gasteiger partial charge in [0.1, 0.15) is 0 Å². The fourth-order valence-electron chi connectivity index (χ4n) is 1.86. The Labute approximate surface area is 126 Å². The first kappa shape index (κ1) is 16.5. The van der Waals surface area contributed by atoms with Gasteiger partial charge in [0, 0.05) is 12.3 Å². The van der Waals surface area contributed by atoms with E-state index in [1.165, 1.54) is 12.3 Å². The van der Waals surface area contributed by atoms with Crippen molar-refractivity contribution >= 4 is 18.6 Å². The number of hydrogen-bond donors (Lipinski definition) is 2. The normalized spacial score (nSPS) is 12.5. The Hall–Kier alpha value is -1.84. The molecular formula is C12H9F6N3S. The molecule has 1 aromatic heterocycles. The maximum Gasteiger partial charge on any atom is 0.416 e. The molecule has 22 heavy (non-hydrogen) atoms. The van der Waals surface area contributed by atoms with E-state index < -0.39 is 35.6 Å². The maximum atomic E-state index is 12.9. The number of nitrogens with zero attached hydrogens (tertiary/aromatic N) is 2. The van der Waals surface area contributed by atoms with Gasteiger partial charge in [-0.15, -0.1) is 0 Å². The zero-order valence-electron chi connectivity index (χ0n) is 10.7. The molecule has 1 N–H and O–H groups in total. The van der Waals surface area contributed by atoms with Crippen LogP contribution in [0.5, 0.6) is 0 Å². The molecule has 2 aromatic rings. The minimum atomic E-state index is -4.75. The van der Waals surface area contributed by atoms with E-state index >= 15 is 0 Å². The molecule has 0 bridgehead atoms. The summed E-state index contributed by atoms with van der Waals surface area (Å²) in [7, 11) is 0. The highest BCUT2D eigenvalue weighted by atomic mass is 32.1. The van der Waals surface area contributed by atoms with Gasteiger partial charge < -0.3 is 4.72 Å². The van der Waals surface area contributed by atoms with Crippen LogP contribution >= 0.6 is 12.8 Å². The highest BCUT2D eigenvalue weighted by Gasteiger charge is 2.37. The number of rotatable bonds is 3. The first-order valence-electron chi connectivity index (χ1n) is 5.82. The molecule has 0 atom stereocenters. The van der Waals surface area contributed by atoms with Crippen molar-refractivity contribution in [2.24, 2.45) is 0 Å². The zero-order chi connectivity index (χ0) is 16.5. The summed E-state index contributed by atoms with van der Waals surface area (Å²) < 4.78 is 80.2. The van der Waals surface area contributed by atoms with Crippen LogP contribution in [0.3, 0.4) is 0 Å². The topological polar surface area (TPSA) is 29.9 Å². The predicted molar refractivity (Wildman–Crippen MR) is 70.4 cm³/mol. The molecular weight excluding hydrogens is 332 g/mol. The zero-order valence-corrected chi connectivity index (χ0v) is 11.6. The van der Waals surface area contributed by atoms with Crippen molar-refractivity contribution in [1.82, 2.24) is 9.78 Å². The Morgan fingerprint density at radius 3 is 2.23 bits per heavy atom. The Kier molecular flexibility index (Phi) is 4.32. The van der Waals surface area contributed by atoms with E-state index in [9.17, 15) is 26.3 Å². The molecule has 0 unspecified atom stereocenters. The SMILES string of the molecule is FC(F)(F)c1ccc(C(F)(F)F)c(Cn2ccc(NS)n2)c1. The van der Waals surface area contributed by atoms with E-state index in [0.29, 0.717) is 18.2 Å². The largest absolute Gasteiger partial charge is 0.416 e. The van der Waals surface area contributed by atoms with E-state index in [0.717, 1.165) is 4.68 Å². The number of thiol groups is 1. The number of anilines is 1. The van der Waals surface area contributed by atoms with Crippen LogP contribution in [0, 0.1) is 0 Å². The van der Waals surface area contributed by atoms with Crippen LogP contribution in [-0.4, -0.2) is 9.78 Å². The van der Waals surface area contributed by atoms with Crippen LogP contribution in [-0.2, 0) is 18.9 Å². The fraction of sp³-hybridized carbons (Fsp3) is 0.250. The van der Waals surface area contributed by atoms with Gasteiger partial charge in [-0.2, -0.15) is 31.4 Å². The molecule has 0 saturated heterocycles. The molecule has 0 radical (unpaired) electrons. The van der Waals surface area contributed by atoms with Gasteiger partial charge in [-0.1, -0.05) is 12.8 Å². The first-order valence-corrected chi connectivity index (χ1v) is 6.27. The van der Waals surface area contributed by atoms with Gasteiger partial charge in [-0.05, 0) is 23.8 Å². The molecule has 0 amide bonds. The Morgan fingerprint density at radius 1 is 1.05 bits per heavy atom. The summed E-state index contributed by atoms with van der Waals surface area (Å²) in [5.41, 5.74) is -2.79. The lowest BCUT2D eigenvalue weighted by Gasteiger charge is -2.15. The summed E-state index contributed by atoms with van der Waals surface area (Å²) in [5, 5.41) is 3.82. The molecule has 2 rings (SSSR count). The quantitative estimate of drug-likeness (QED) is 0.646. The van der Waals surface area contributed by atoms with Crippen molar-refractivity contribution in [2.45, 2.75) is 18.9 Å². The van der Waals surface area contributed by atoms with E-state index in [4.69, 9.17) is 0 Å². The number of halogens is 6. The van der Waals surface area contributed by atoms with Gasteiger partial charge in [-0.25, -0.2) is 0 Å². The molecule has 0 spiro atoms. The predicted octanol–water partition coefficient (Wildman–Crippen LogP) is 4.23. The molecule has 0 aliphatic heterocycles. The standard InChI is InChI=1S/C12H9F6N3S/c13-11(14,15)8-1-2-9(12(16,17)18)7(5-8)6-21-4-3-10(19-21)20-22/h1-5,22H,6H2,(H,19,20). The molecule has 0 aliphatic rings. The van der Waals surface area contributed by atoms with Crippen LogP contribution in [0.25, 0.3) is 0 Å². The molecule has 120 valence electrons. The number of alkyl halides is 6. The third kappa shape index (κ3) is 3.67. The van der Waals surface area contributed by atoms with Gasteiger partial charge in [0.15, 0.2) is 5.82 Å². The molecule has 1 heterocycles. The highest BCUT2D eigenvalue weighted by molar-refractivity contribution is 7.81. The summed E-state index contributed by atoms with van der Waals surface area (Å²) in [6.45, 7) is -0.450. The number of hydrogen-bond acceptors (Lipinski definition) is 3. The van der Waals surface area contributed by atoms with Crippen LogP contribution in [0.15, 0.2) is 30.5 Å². The van der Waals surface area contributed by atoms with Crippen LogP contribution in [0.4, 0.5) is 32.2 Å². The Bertz CT molecular complexity index is 662. The highest BCUT2D eigenvalue weighted by Crippen LogP contribution is 2.36. The van der Waals surface area contributed by atoms with Crippen LogP contribution in [0.1, 0.15) is 16.7 Å². The molecule has 1 aromatic carbocycles. The lowest BCUT2D eigenvalue weighted by molar-refractivity contribution is -0.141. The molecule has 0 fully saturated rings. The average molecular weight is 341 g/mol. The van der Waals surface area contributed by atoms with Gasteiger partial charge in [0.05, 0.1) is 17.7 Å². The van der Waals surface area contributed by atoms with Gasteiger partial charge in [-0.3, -0.25) is 4.68 Å². The smallest absolute Gasteiger partial charge is 0.316 e. The van der Waals surface area contributed by atoms with E-state index in [2.05, 4.69) is 22.6 Å². The van der Waals surface area contributed by atoms with Gasteiger partial charge in [0.25, 0.3) is 0 Å². The summed E-state index contributed by atoms with van der Waals surface area (Å²) in [5.74, 6) is 0.267. The van der Waals surface area contributed by atoms with Crippen LogP contribution in [0.2, 0.25) is 0 Å². The monoisotopic (exact) mass is 341 g/mol. The van der Waals surface area contributed by atoms with E-state index in [-0.39, 0.29) is 5.82 Å². The van der Waals surface area contributed by atoms with Crippen molar-refractivity contribution in [3.8, 4) is 0 Å². The van der Waals surface area contributed by atoms with Crippen molar-refractivity contribution in [3.63, 3.8) is 0 Å². The number of nitrogens with one attached hydrogen (secondary N) is 1. The summed E-state index contributed by atoms with van der Waals surface area (Å²) in [6, 6.07) is 2.75. The van der Waals surface area contributed by atoms with Gasteiger partial charge in [0.2, 0.25) is 0 Å². The third-order valence-electron chi connectivity index (χ3n) is 2.83. The van der Waals surface area contributed by atoms with E-state index in [1.807, 2.05) is 0 Å². The second-order valence-corrected chi connectivity index (χ2v) is 4.60. The van der Waals surface area contributed by atoms with Crippen molar-refractivity contribution in [2.75, 3.05) is 4.72 Å². The third-order valence-corrected chi connectivity index (χ3v) is 3.05. The molecule has 0 aliphatic carbocycles. The molecule has 0 saturated carbocycles. The number of benzene rings is 1. The lowest BCUT2D eigenvalue weighted by Crippen LogP contribution is -2.15. The fourth-order valence-corrected chi connectivity index (χ4v) is 1.98. The molecule has 3 nitrogen and oxygen atoms in total. The maximum absolute atomic E-state index is 12.9. The summed E-state index contributed by atoms with van der Waals surface area (Å²) in [4.78, 5) is 0. The van der Waals surface area contributed by atoms with Crippen molar-refractivity contribution in [3.05, 3.63) is 47.2 Å². The first-order chi connectivity index (χ1) is 10.1. The van der Waals surface area contributed by atoms with Gasteiger partial charge >= 0.3 is 12.4 Å². The Morgan fingerprint density at radius 2 is 1.73 bits per heavy atom. The Balaban J connectivity index is 2.45. The number of aromatic nitrogens is 2. The summed E-state index contributed by atoms with van der Waals surface area (Å²) in [6.07, 6.45) is -8.14. The lowest BCUT2D eigenvalue weighted by atomic mass is 10.0. The second-order valence-electron chi connectivity index (χ2n) is 4.38. The van der Waals surface area contributed by atoms with Crippen molar-refractivity contribution in [1.29, 1.82) is 0 Å². The minimum absolute atomic E-state index is 0.267.